The van der Waals surface area contributed by atoms with Crippen molar-refractivity contribution in [3.8, 4) is 0 Å². The average molecular weight is 391 g/mol. The Morgan fingerprint density at radius 2 is 1.74 bits per heavy atom. The van der Waals surface area contributed by atoms with Crippen LogP contribution < -0.4 is 0 Å². The Labute approximate surface area is 168 Å². The Hall–Kier alpha value is -0.643. The van der Waals surface area contributed by atoms with Gasteiger partial charge in [-0.25, -0.2) is 0 Å². The third-order valence-corrected chi connectivity index (χ3v) is 12.1. The molecule has 0 aliphatic heterocycles. The molecule has 0 fully saturated rings. The fourth-order valence-electron chi connectivity index (χ4n) is 3.71. The van der Waals surface area contributed by atoms with E-state index in [9.17, 15) is 5.11 Å². The van der Waals surface area contributed by atoms with Gasteiger partial charge in [-0.05, 0) is 59.5 Å². The van der Waals surface area contributed by atoms with E-state index < -0.39 is 14.4 Å². The molecule has 0 saturated heterocycles. The minimum Gasteiger partial charge on any atom is -0.416 e. The summed E-state index contributed by atoms with van der Waals surface area (Å²) in [6.07, 6.45) is 5.14. The molecule has 0 heterocycles. The van der Waals surface area contributed by atoms with Crippen LogP contribution in [0.2, 0.25) is 18.1 Å². The molecule has 2 nitrogen and oxygen atoms in total. The van der Waals surface area contributed by atoms with Crippen LogP contribution in [0.3, 0.4) is 0 Å². The molecule has 1 N–H and O–H groups in total. The van der Waals surface area contributed by atoms with E-state index >= 15 is 0 Å². The number of aliphatic hydroxyl groups is 1. The van der Waals surface area contributed by atoms with E-state index in [1.54, 1.807) is 0 Å². The minimum absolute atomic E-state index is 0.211. The van der Waals surface area contributed by atoms with Crippen molar-refractivity contribution in [2.24, 2.45) is 11.3 Å². The predicted octanol–water partition coefficient (Wildman–Crippen LogP) is 6.67. The van der Waals surface area contributed by atoms with Crippen LogP contribution >= 0.6 is 0 Å². The Kier molecular flexibility index (Phi) is 7.03. The number of aryl methyl sites for hydroxylation is 1. The molecule has 2 atom stereocenters. The molecule has 1 aromatic carbocycles. The summed E-state index contributed by atoms with van der Waals surface area (Å²) in [4.78, 5) is 0. The number of aliphatic hydroxyl groups excluding tert-OH is 1. The monoisotopic (exact) mass is 390 g/mol. The van der Waals surface area contributed by atoms with Crippen molar-refractivity contribution in [1.82, 2.24) is 0 Å². The van der Waals surface area contributed by atoms with Crippen molar-refractivity contribution in [1.29, 1.82) is 0 Å². The van der Waals surface area contributed by atoms with Crippen molar-refractivity contribution in [3.05, 3.63) is 34.9 Å². The van der Waals surface area contributed by atoms with Gasteiger partial charge in [0.25, 0.3) is 0 Å². The lowest BCUT2D eigenvalue weighted by molar-refractivity contribution is 0.0574. The van der Waals surface area contributed by atoms with E-state index in [-0.39, 0.29) is 11.0 Å². The van der Waals surface area contributed by atoms with Crippen LogP contribution in [0, 0.1) is 11.3 Å². The summed E-state index contributed by atoms with van der Waals surface area (Å²) in [6.45, 7) is 19.0. The second-order valence-corrected chi connectivity index (χ2v) is 15.4. The van der Waals surface area contributed by atoms with E-state index in [4.69, 9.17) is 4.43 Å². The molecule has 3 heteroatoms. The molecule has 1 aliphatic rings. The molecular formula is C24H42O2Si. The molecule has 0 bridgehead atoms. The van der Waals surface area contributed by atoms with Crippen molar-refractivity contribution < 1.29 is 9.53 Å². The number of rotatable bonds is 7. The van der Waals surface area contributed by atoms with Crippen LogP contribution in [-0.2, 0) is 17.3 Å². The second kappa shape index (κ2) is 8.38. The topological polar surface area (TPSA) is 29.5 Å². The van der Waals surface area contributed by atoms with Gasteiger partial charge >= 0.3 is 0 Å². The van der Waals surface area contributed by atoms with Crippen molar-refractivity contribution in [2.45, 2.75) is 97.9 Å². The number of hydrogen-bond donors (Lipinski definition) is 1. The summed E-state index contributed by atoms with van der Waals surface area (Å²) in [5.41, 5.74) is 4.19. The van der Waals surface area contributed by atoms with Gasteiger partial charge < -0.3 is 9.53 Å². The summed E-state index contributed by atoms with van der Waals surface area (Å²) in [6, 6.07) is 6.81. The normalized spacial score (nSPS) is 21.2. The number of hydrogen-bond acceptors (Lipinski definition) is 2. The third-order valence-electron chi connectivity index (χ3n) is 7.56. The van der Waals surface area contributed by atoms with Crippen LogP contribution in [0.4, 0.5) is 0 Å². The highest BCUT2D eigenvalue weighted by atomic mass is 28.4. The van der Waals surface area contributed by atoms with E-state index in [1.807, 2.05) is 0 Å². The van der Waals surface area contributed by atoms with Crippen LogP contribution in [-0.4, -0.2) is 20.0 Å². The van der Waals surface area contributed by atoms with Gasteiger partial charge in [0.1, 0.15) is 0 Å². The van der Waals surface area contributed by atoms with Gasteiger partial charge in [0.15, 0.2) is 8.32 Å². The maximum Gasteiger partial charge on any atom is 0.191 e. The summed E-state index contributed by atoms with van der Waals surface area (Å²) in [5, 5.41) is 11.3. The number of fused-ring (bicyclic) bond motifs is 1. The molecular weight excluding hydrogens is 348 g/mol. The van der Waals surface area contributed by atoms with Crippen molar-refractivity contribution in [2.75, 3.05) is 6.61 Å². The van der Waals surface area contributed by atoms with Gasteiger partial charge in [-0.2, -0.15) is 0 Å². The van der Waals surface area contributed by atoms with Gasteiger partial charge in [0.05, 0.1) is 6.10 Å². The first-order valence-electron chi connectivity index (χ1n) is 10.9. The van der Waals surface area contributed by atoms with Gasteiger partial charge in [0, 0.05) is 12.5 Å². The Bertz CT molecular complexity index is 626. The summed E-state index contributed by atoms with van der Waals surface area (Å²) in [7, 11) is -1.77. The highest BCUT2D eigenvalue weighted by molar-refractivity contribution is 6.74. The average Bonchev–Trinajstić information content (AvgIpc) is 2.60. The molecule has 0 aromatic heterocycles. The number of benzene rings is 1. The molecule has 0 spiro atoms. The van der Waals surface area contributed by atoms with Gasteiger partial charge in [0.2, 0.25) is 0 Å². The van der Waals surface area contributed by atoms with Crippen LogP contribution in [0.5, 0.6) is 0 Å². The van der Waals surface area contributed by atoms with Crippen molar-refractivity contribution in [3.63, 3.8) is 0 Å². The maximum atomic E-state index is 11.1. The molecule has 1 aromatic rings. The lowest BCUT2D eigenvalue weighted by Crippen LogP contribution is -2.42. The summed E-state index contributed by atoms with van der Waals surface area (Å²) < 4.78 is 6.44. The standard InChI is InChI=1S/C24H42O2Si/c1-9-24(6,10-2)16-18-11-12-19-13-14-20(22(25)21(19)15-18)17-26-27(7,8)23(3,4)5/h11-12,15,20,22,25H,9-10,13-14,16-17H2,1-8H3. The van der Waals surface area contributed by atoms with Gasteiger partial charge in [-0.3, -0.25) is 0 Å². The largest absolute Gasteiger partial charge is 0.416 e. The first kappa shape index (κ1) is 22.6. The summed E-state index contributed by atoms with van der Waals surface area (Å²) >= 11 is 0. The second-order valence-electron chi connectivity index (χ2n) is 10.5. The van der Waals surface area contributed by atoms with E-state index in [1.165, 1.54) is 24.0 Å². The first-order chi connectivity index (χ1) is 12.4. The van der Waals surface area contributed by atoms with Crippen LogP contribution in [0.1, 0.15) is 83.6 Å². The fraction of sp³-hybridized carbons (Fsp3) is 0.750. The molecule has 0 amide bonds. The van der Waals surface area contributed by atoms with Crippen molar-refractivity contribution >= 4 is 8.32 Å². The SMILES string of the molecule is CCC(C)(CC)Cc1ccc2c(c1)C(O)C(CO[Si](C)(C)C(C)(C)C)CC2. The molecule has 0 saturated carbocycles. The first-order valence-corrected chi connectivity index (χ1v) is 13.8. The van der Waals surface area contributed by atoms with Gasteiger partial charge in [-0.15, -0.1) is 0 Å². The third kappa shape index (κ3) is 5.24. The minimum atomic E-state index is -1.77. The molecule has 154 valence electrons. The lowest BCUT2D eigenvalue weighted by Gasteiger charge is -2.39. The van der Waals surface area contributed by atoms with E-state index in [0.29, 0.717) is 12.0 Å². The Balaban J connectivity index is 2.13. The highest BCUT2D eigenvalue weighted by Crippen LogP contribution is 2.40. The fourth-order valence-corrected chi connectivity index (χ4v) is 4.77. The Morgan fingerprint density at radius 3 is 2.30 bits per heavy atom. The van der Waals surface area contributed by atoms with Crippen LogP contribution in [0.25, 0.3) is 0 Å². The van der Waals surface area contributed by atoms with E-state index in [2.05, 4.69) is 72.8 Å². The molecule has 2 rings (SSSR count). The predicted molar refractivity (Wildman–Crippen MR) is 119 cm³/mol. The molecule has 1 aliphatic carbocycles. The Morgan fingerprint density at radius 1 is 1.11 bits per heavy atom. The zero-order valence-corrected chi connectivity index (χ0v) is 20.0. The van der Waals surface area contributed by atoms with Crippen LogP contribution in [0.15, 0.2) is 18.2 Å². The molecule has 27 heavy (non-hydrogen) atoms. The lowest BCUT2D eigenvalue weighted by atomic mass is 9.76. The summed E-state index contributed by atoms with van der Waals surface area (Å²) in [5.74, 6) is 0.214. The smallest absolute Gasteiger partial charge is 0.191 e. The zero-order chi connectivity index (χ0) is 20.5. The van der Waals surface area contributed by atoms with E-state index in [0.717, 1.165) is 24.8 Å². The quantitative estimate of drug-likeness (QED) is 0.527. The highest BCUT2D eigenvalue weighted by Gasteiger charge is 2.39. The van der Waals surface area contributed by atoms with Gasteiger partial charge in [-0.1, -0.05) is 72.6 Å². The zero-order valence-electron chi connectivity index (χ0n) is 19.0. The molecule has 0 radical (unpaired) electrons. The maximum absolute atomic E-state index is 11.1. The molecule has 2 unspecified atom stereocenters.